The Kier molecular flexibility index (Phi) is 4.80. The van der Waals surface area contributed by atoms with Crippen molar-refractivity contribution in [2.75, 3.05) is 13.7 Å². The second-order valence-corrected chi connectivity index (χ2v) is 4.99. The highest BCUT2D eigenvalue weighted by atomic mass is 16.7. The molecule has 0 radical (unpaired) electrons. The lowest BCUT2D eigenvalue weighted by atomic mass is 9.97. The Morgan fingerprint density at radius 3 is 2.63 bits per heavy atom. The molecule has 1 aliphatic rings. The third-order valence-electron chi connectivity index (χ3n) is 3.54. The van der Waals surface area contributed by atoms with Crippen LogP contribution in [0.25, 0.3) is 0 Å². The topological polar surface area (TPSA) is 47.9 Å². The minimum absolute atomic E-state index is 0.175. The summed E-state index contributed by atoms with van der Waals surface area (Å²) >= 11 is 0. The molecule has 1 aromatic rings. The van der Waals surface area contributed by atoms with Crippen LogP contribution in [-0.2, 0) is 9.47 Å². The summed E-state index contributed by atoms with van der Waals surface area (Å²) in [4.78, 5) is 0. The average molecular weight is 266 g/mol. The van der Waals surface area contributed by atoms with Gasteiger partial charge in [0.1, 0.15) is 5.75 Å². The fourth-order valence-electron chi connectivity index (χ4n) is 2.29. The van der Waals surface area contributed by atoms with E-state index in [9.17, 15) is 5.11 Å². The van der Waals surface area contributed by atoms with Gasteiger partial charge in [-0.05, 0) is 18.6 Å². The van der Waals surface area contributed by atoms with E-state index in [4.69, 9.17) is 14.2 Å². The Labute approximate surface area is 114 Å². The standard InChI is InChI=1S/C15H22O4/c1-4-13(16)14-10(2)9-18-15(19-14)11-5-7-12(17-3)8-6-11/h5-8,10,13-16H,4,9H2,1-3H3/t10-,13?,14-,15?/m1/s1. The van der Waals surface area contributed by atoms with Gasteiger partial charge in [-0.2, -0.15) is 0 Å². The molecule has 1 heterocycles. The Balaban J connectivity index is 2.08. The summed E-state index contributed by atoms with van der Waals surface area (Å²) < 4.78 is 16.7. The fourth-order valence-corrected chi connectivity index (χ4v) is 2.29. The predicted molar refractivity (Wildman–Crippen MR) is 72.0 cm³/mol. The van der Waals surface area contributed by atoms with Crippen LogP contribution in [0.15, 0.2) is 24.3 Å². The first-order chi connectivity index (χ1) is 9.15. The summed E-state index contributed by atoms with van der Waals surface area (Å²) in [5, 5.41) is 10.00. The molecule has 1 aliphatic heterocycles. The predicted octanol–water partition coefficient (Wildman–Crippen LogP) is 2.52. The third-order valence-corrected chi connectivity index (χ3v) is 3.54. The molecule has 106 valence electrons. The van der Waals surface area contributed by atoms with E-state index in [0.717, 1.165) is 11.3 Å². The summed E-state index contributed by atoms with van der Waals surface area (Å²) in [6.45, 7) is 4.59. The molecular formula is C15H22O4. The quantitative estimate of drug-likeness (QED) is 0.909. The molecule has 2 unspecified atom stereocenters. The molecule has 0 aliphatic carbocycles. The van der Waals surface area contributed by atoms with Crippen LogP contribution in [0.1, 0.15) is 32.1 Å². The normalized spacial score (nSPS) is 28.9. The molecule has 0 bridgehead atoms. The smallest absolute Gasteiger partial charge is 0.184 e. The van der Waals surface area contributed by atoms with Gasteiger partial charge in [0.05, 0.1) is 25.9 Å². The number of aliphatic hydroxyl groups is 1. The van der Waals surface area contributed by atoms with Crippen molar-refractivity contribution in [3.8, 4) is 5.75 Å². The molecule has 0 spiro atoms. The number of benzene rings is 1. The van der Waals surface area contributed by atoms with Crippen molar-refractivity contribution in [2.45, 2.75) is 38.8 Å². The van der Waals surface area contributed by atoms with Crippen molar-refractivity contribution in [3.05, 3.63) is 29.8 Å². The van der Waals surface area contributed by atoms with Crippen LogP contribution in [0.2, 0.25) is 0 Å². The van der Waals surface area contributed by atoms with E-state index in [-0.39, 0.29) is 12.0 Å². The van der Waals surface area contributed by atoms with Gasteiger partial charge in [-0.3, -0.25) is 0 Å². The van der Waals surface area contributed by atoms with Gasteiger partial charge in [0.25, 0.3) is 0 Å². The van der Waals surface area contributed by atoms with Gasteiger partial charge in [-0.25, -0.2) is 0 Å². The first-order valence-electron chi connectivity index (χ1n) is 6.74. The van der Waals surface area contributed by atoms with Gasteiger partial charge in [0, 0.05) is 11.5 Å². The third kappa shape index (κ3) is 3.26. The second kappa shape index (κ2) is 6.37. The molecule has 0 saturated carbocycles. The maximum Gasteiger partial charge on any atom is 0.184 e. The average Bonchev–Trinajstić information content (AvgIpc) is 2.47. The summed E-state index contributed by atoms with van der Waals surface area (Å²) in [5.41, 5.74) is 0.945. The zero-order chi connectivity index (χ0) is 13.8. The Hall–Kier alpha value is -1.10. The van der Waals surface area contributed by atoms with Crippen LogP contribution in [0.3, 0.4) is 0 Å². The highest BCUT2D eigenvalue weighted by Gasteiger charge is 2.33. The van der Waals surface area contributed by atoms with E-state index in [1.807, 2.05) is 38.1 Å². The summed E-state index contributed by atoms with van der Waals surface area (Å²) in [6.07, 6.45) is -0.344. The minimum Gasteiger partial charge on any atom is -0.497 e. The van der Waals surface area contributed by atoms with Crippen molar-refractivity contribution in [1.29, 1.82) is 0 Å². The van der Waals surface area contributed by atoms with Crippen molar-refractivity contribution in [1.82, 2.24) is 0 Å². The van der Waals surface area contributed by atoms with Gasteiger partial charge in [0.15, 0.2) is 6.29 Å². The second-order valence-electron chi connectivity index (χ2n) is 4.99. The first kappa shape index (κ1) is 14.3. The number of aliphatic hydroxyl groups excluding tert-OH is 1. The van der Waals surface area contributed by atoms with Gasteiger partial charge in [-0.15, -0.1) is 0 Å². The van der Waals surface area contributed by atoms with Gasteiger partial charge in [0.2, 0.25) is 0 Å². The molecule has 19 heavy (non-hydrogen) atoms. The Bertz CT molecular complexity index is 386. The molecular weight excluding hydrogens is 244 g/mol. The zero-order valence-corrected chi connectivity index (χ0v) is 11.7. The molecule has 1 fully saturated rings. The van der Waals surface area contributed by atoms with Gasteiger partial charge < -0.3 is 19.3 Å². The lowest BCUT2D eigenvalue weighted by Crippen LogP contribution is -2.42. The fraction of sp³-hybridized carbons (Fsp3) is 0.600. The van der Waals surface area contributed by atoms with E-state index in [0.29, 0.717) is 13.0 Å². The van der Waals surface area contributed by atoms with Gasteiger partial charge >= 0.3 is 0 Å². The minimum atomic E-state index is -0.445. The molecule has 1 saturated heterocycles. The van der Waals surface area contributed by atoms with Crippen molar-refractivity contribution in [3.63, 3.8) is 0 Å². The summed E-state index contributed by atoms with van der Waals surface area (Å²) in [7, 11) is 1.64. The molecule has 1 N–H and O–H groups in total. The summed E-state index contributed by atoms with van der Waals surface area (Å²) in [6, 6.07) is 7.61. The molecule has 2 rings (SSSR count). The number of ether oxygens (including phenoxy) is 3. The maximum atomic E-state index is 10.00. The van der Waals surface area contributed by atoms with E-state index in [1.54, 1.807) is 7.11 Å². The molecule has 0 aromatic heterocycles. The molecule has 4 nitrogen and oxygen atoms in total. The van der Waals surface area contributed by atoms with Crippen LogP contribution in [0.4, 0.5) is 0 Å². The number of hydrogen-bond donors (Lipinski definition) is 1. The van der Waals surface area contributed by atoms with E-state index in [1.165, 1.54) is 0 Å². The molecule has 1 aromatic carbocycles. The Morgan fingerprint density at radius 2 is 2.05 bits per heavy atom. The number of rotatable bonds is 4. The lowest BCUT2D eigenvalue weighted by molar-refractivity contribution is -0.258. The highest BCUT2D eigenvalue weighted by molar-refractivity contribution is 5.28. The van der Waals surface area contributed by atoms with Crippen LogP contribution in [0, 0.1) is 5.92 Å². The van der Waals surface area contributed by atoms with Crippen molar-refractivity contribution < 1.29 is 19.3 Å². The number of methoxy groups -OCH3 is 1. The van der Waals surface area contributed by atoms with Crippen LogP contribution in [-0.4, -0.2) is 31.0 Å². The van der Waals surface area contributed by atoms with Crippen LogP contribution >= 0.6 is 0 Å². The van der Waals surface area contributed by atoms with Crippen LogP contribution in [0.5, 0.6) is 5.75 Å². The largest absolute Gasteiger partial charge is 0.497 e. The monoisotopic (exact) mass is 266 g/mol. The number of hydrogen-bond acceptors (Lipinski definition) is 4. The SMILES string of the molecule is CCC(O)[C@@H]1OC(c2ccc(OC)cc2)OC[C@H]1C. The molecule has 0 amide bonds. The molecule has 4 atom stereocenters. The maximum absolute atomic E-state index is 10.00. The van der Waals surface area contributed by atoms with Crippen molar-refractivity contribution >= 4 is 0 Å². The van der Waals surface area contributed by atoms with Crippen molar-refractivity contribution in [2.24, 2.45) is 5.92 Å². The molecule has 4 heteroatoms. The lowest BCUT2D eigenvalue weighted by Gasteiger charge is -2.37. The van der Waals surface area contributed by atoms with Crippen LogP contribution < -0.4 is 4.74 Å². The summed E-state index contributed by atoms with van der Waals surface area (Å²) in [5.74, 6) is 1.00. The highest BCUT2D eigenvalue weighted by Crippen LogP contribution is 2.31. The first-order valence-corrected chi connectivity index (χ1v) is 6.74. The van der Waals surface area contributed by atoms with E-state index >= 15 is 0 Å². The van der Waals surface area contributed by atoms with E-state index in [2.05, 4.69) is 0 Å². The zero-order valence-electron chi connectivity index (χ0n) is 11.7. The van der Waals surface area contributed by atoms with E-state index < -0.39 is 12.4 Å². The van der Waals surface area contributed by atoms with Gasteiger partial charge in [-0.1, -0.05) is 26.0 Å². The Morgan fingerprint density at radius 1 is 1.37 bits per heavy atom.